The molecule has 3 nitrogen and oxygen atoms in total. The maximum absolute atomic E-state index is 13.8. The van der Waals surface area contributed by atoms with Gasteiger partial charge in [0.15, 0.2) is 23.3 Å². The topological polar surface area (TPSA) is 23.6 Å². The normalized spacial score (nSPS) is 16.0. The first-order chi connectivity index (χ1) is 10.6. The molecule has 8 heteroatoms. The molecule has 0 bridgehead atoms. The van der Waals surface area contributed by atoms with Gasteiger partial charge in [-0.3, -0.25) is 4.79 Å². The van der Waals surface area contributed by atoms with Crippen molar-refractivity contribution in [2.24, 2.45) is 5.41 Å². The Morgan fingerprint density at radius 1 is 0.783 bits per heavy atom. The van der Waals surface area contributed by atoms with Crippen LogP contribution >= 0.6 is 0 Å². The molecular formula is C15H17F5N2O. The van der Waals surface area contributed by atoms with Crippen LogP contribution in [0.15, 0.2) is 0 Å². The zero-order valence-electron chi connectivity index (χ0n) is 13.0. The fourth-order valence-electron chi connectivity index (χ4n) is 2.48. The SMILES string of the molecule is CC(C)(C)C(=O)N1CCN(c2c(F)c(F)c(F)c(F)c2F)CC1. The van der Waals surface area contributed by atoms with E-state index < -0.39 is 40.2 Å². The van der Waals surface area contributed by atoms with E-state index >= 15 is 0 Å². The van der Waals surface area contributed by atoms with E-state index in [1.54, 1.807) is 20.8 Å². The van der Waals surface area contributed by atoms with Crippen molar-refractivity contribution in [2.75, 3.05) is 31.1 Å². The van der Waals surface area contributed by atoms with E-state index in [0.717, 1.165) is 4.90 Å². The maximum atomic E-state index is 13.8. The van der Waals surface area contributed by atoms with Crippen molar-refractivity contribution in [1.29, 1.82) is 0 Å². The Morgan fingerprint density at radius 3 is 1.57 bits per heavy atom. The molecule has 0 atom stereocenters. The molecule has 1 saturated heterocycles. The number of halogens is 5. The summed E-state index contributed by atoms with van der Waals surface area (Å²) in [6.45, 7) is 5.49. The summed E-state index contributed by atoms with van der Waals surface area (Å²) in [6.07, 6.45) is 0. The van der Waals surface area contributed by atoms with E-state index in [1.807, 2.05) is 0 Å². The van der Waals surface area contributed by atoms with Gasteiger partial charge in [0.05, 0.1) is 0 Å². The molecule has 128 valence electrons. The molecule has 1 aromatic carbocycles. The summed E-state index contributed by atoms with van der Waals surface area (Å²) in [7, 11) is 0. The number of piperazine rings is 1. The number of amides is 1. The molecular weight excluding hydrogens is 319 g/mol. The van der Waals surface area contributed by atoms with Gasteiger partial charge in [0.2, 0.25) is 11.7 Å². The van der Waals surface area contributed by atoms with Crippen LogP contribution in [0.2, 0.25) is 0 Å². The van der Waals surface area contributed by atoms with Crippen LogP contribution in [0.25, 0.3) is 0 Å². The first kappa shape index (κ1) is 17.5. The number of carbonyl (C=O) groups excluding carboxylic acids is 1. The number of hydrogen-bond donors (Lipinski definition) is 0. The highest BCUT2D eigenvalue weighted by atomic mass is 19.2. The minimum Gasteiger partial charge on any atom is -0.363 e. The lowest BCUT2D eigenvalue weighted by atomic mass is 9.94. The van der Waals surface area contributed by atoms with E-state index in [2.05, 4.69) is 0 Å². The standard InChI is InChI=1S/C15H17F5N2O/c1-15(2,3)14(23)22-6-4-21(5-7-22)13-11(19)9(17)8(16)10(18)12(13)20/h4-7H2,1-3H3. The van der Waals surface area contributed by atoms with Gasteiger partial charge in [0.1, 0.15) is 5.69 Å². The van der Waals surface area contributed by atoms with Crippen molar-refractivity contribution >= 4 is 11.6 Å². The van der Waals surface area contributed by atoms with Crippen LogP contribution in [-0.2, 0) is 4.79 Å². The zero-order chi connectivity index (χ0) is 17.5. The van der Waals surface area contributed by atoms with Crippen molar-refractivity contribution in [2.45, 2.75) is 20.8 Å². The number of rotatable bonds is 1. The van der Waals surface area contributed by atoms with Crippen LogP contribution in [-0.4, -0.2) is 37.0 Å². The van der Waals surface area contributed by atoms with E-state index in [9.17, 15) is 26.7 Å². The summed E-state index contributed by atoms with van der Waals surface area (Å²) in [5, 5.41) is 0. The van der Waals surface area contributed by atoms with Gasteiger partial charge in [-0.25, -0.2) is 22.0 Å². The lowest BCUT2D eigenvalue weighted by Gasteiger charge is -2.38. The summed E-state index contributed by atoms with van der Waals surface area (Å²) in [4.78, 5) is 14.7. The van der Waals surface area contributed by atoms with E-state index in [1.165, 1.54) is 4.90 Å². The summed E-state index contributed by atoms with van der Waals surface area (Å²) in [6, 6.07) is 0. The highest BCUT2D eigenvalue weighted by molar-refractivity contribution is 5.81. The molecule has 1 aliphatic rings. The minimum absolute atomic E-state index is 0.0137. The Morgan fingerprint density at radius 2 is 1.17 bits per heavy atom. The smallest absolute Gasteiger partial charge is 0.228 e. The first-order valence-electron chi connectivity index (χ1n) is 7.11. The first-order valence-corrected chi connectivity index (χ1v) is 7.11. The number of nitrogens with zero attached hydrogens (tertiary/aromatic N) is 2. The monoisotopic (exact) mass is 336 g/mol. The second-order valence-corrected chi connectivity index (χ2v) is 6.45. The molecule has 0 spiro atoms. The maximum Gasteiger partial charge on any atom is 0.228 e. The van der Waals surface area contributed by atoms with Gasteiger partial charge < -0.3 is 9.80 Å². The molecule has 2 rings (SSSR count). The summed E-state index contributed by atoms with van der Waals surface area (Å²) in [5.41, 5.74) is -1.54. The summed E-state index contributed by atoms with van der Waals surface area (Å²) in [5.74, 6) is -9.94. The number of carbonyl (C=O) groups is 1. The van der Waals surface area contributed by atoms with Gasteiger partial charge in [0.25, 0.3) is 0 Å². The largest absolute Gasteiger partial charge is 0.363 e. The van der Waals surface area contributed by atoms with Gasteiger partial charge in [-0.1, -0.05) is 20.8 Å². The van der Waals surface area contributed by atoms with Crippen LogP contribution in [0, 0.1) is 34.5 Å². The number of benzene rings is 1. The third kappa shape index (κ3) is 3.11. The molecule has 0 aromatic heterocycles. The summed E-state index contributed by atoms with van der Waals surface area (Å²) < 4.78 is 67.2. The van der Waals surface area contributed by atoms with Crippen molar-refractivity contribution in [1.82, 2.24) is 4.90 Å². The Kier molecular flexibility index (Phi) is 4.54. The van der Waals surface area contributed by atoms with E-state index in [-0.39, 0.29) is 32.1 Å². The molecule has 1 fully saturated rings. The lowest BCUT2D eigenvalue weighted by Crippen LogP contribution is -2.52. The van der Waals surface area contributed by atoms with Crippen LogP contribution in [0.1, 0.15) is 20.8 Å². The zero-order valence-corrected chi connectivity index (χ0v) is 13.0. The molecule has 1 aliphatic heterocycles. The Bertz CT molecular complexity index is 605. The van der Waals surface area contributed by atoms with Crippen molar-refractivity contribution in [3.63, 3.8) is 0 Å². The van der Waals surface area contributed by atoms with Crippen LogP contribution < -0.4 is 4.90 Å². The molecule has 1 aromatic rings. The third-order valence-electron chi connectivity index (χ3n) is 3.71. The molecule has 1 heterocycles. The summed E-state index contributed by atoms with van der Waals surface area (Å²) >= 11 is 0. The Hall–Kier alpha value is -1.86. The van der Waals surface area contributed by atoms with Gasteiger partial charge in [-0.05, 0) is 0 Å². The van der Waals surface area contributed by atoms with Crippen LogP contribution in [0.3, 0.4) is 0 Å². The fraction of sp³-hybridized carbons (Fsp3) is 0.533. The van der Waals surface area contributed by atoms with Gasteiger partial charge >= 0.3 is 0 Å². The fourth-order valence-corrected chi connectivity index (χ4v) is 2.48. The second kappa shape index (κ2) is 5.98. The molecule has 0 unspecified atom stereocenters. The van der Waals surface area contributed by atoms with Crippen molar-refractivity contribution in [3.05, 3.63) is 29.1 Å². The molecule has 0 aliphatic carbocycles. The average Bonchev–Trinajstić information content (AvgIpc) is 2.50. The van der Waals surface area contributed by atoms with E-state index in [4.69, 9.17) is 0 Å². The van der Waals surface area contributed by atoms with Crippen molar-refractivity contribution < 1.29 is 26.7 Å². The molecule has 1 amide bonds. The van der Waals surface area contributed by atoms with Crippen molar-refractivity contribution in [3.8, 4) is 0 Å². The second-order valence-electron chi connectivity index (χ2n) is 6.45. The highest BCUT2D eigenvalue weighted by Crippen LogP contribution is 2.31. The molecule has 23 heavy (non-hydrogen) atoms. The van der Waals surface area contributed by atoms with Crippen LogP contribution in [0.5, 0.6) is 0 Å². The predicted octanol–water partition coefficient (Wildman–Crippen LogP) is 3.08. The van der Waals surface area contributed by atoms with E-state index in [0.29, 0.717) is 0 Å². The number of anilines is 1. The molecule has 0 saturated carbocycles. The molecule has 0 N–H and O–H groups in total. The number of hydrogen-bond acceptors (Lipinski definition) is 2. The predicted molar refractivity (Wildman–Crippen MR) is 74.5 cm³/mol. The third-order valence-corrected chi connectivity index (χ3v) is 3.71. The van der Waals surface area contributed by atoms with Gasteiger partial charge in [-0.15, -0.1) is 0 Å². The quantitative estimate of drug-likeness (QED) is 0.447. The van der Waals surface area contributed by atoms with Crippen LogP contribution in [0.4, 0.5) is 27.6 Å². The highest BCUT2D eigenvalue weighted by Gasteiger charge is 2.33. The van der Waals surface area contributed by atoms with Gasteiger partial charge in [0, 0.05) is 31.6 Å². The molecule has 0 radical (unpaired) electrons. The minimum atomic E-state index is -2.18. The van der Waals surface area contributed by atoms with Gasteiger partial charge in [-0.2, -0.15) is 0 Å². The average molecular weight is 336 g/mol. The Labute approximate surface area is 130 Å². The Balaban J connectivity index is 2.23. The lowest BCUT2D eigenvalue weighted by molar-refractivity contribution is -0.139.